The van der Waals surface area contributed by atoms with E-state index in [1.54, 1.807) is 0 Å². The highest BCUT2D eigenvalue weighted by atomic mass is 79.9. The van der Waals surface area contributed by atoms with Crippen molar-refractivity contribution in [1.29, 1.82) is 0 Å². The van der Waals surface area contributed by atoms with Gasteiger partial charge in [-0.15, -0.1) is 0 Å². The number of aromatic nitrogens is 1. The molecule has 1 aromatic heterocycles. The van der Waals surface area contributed by atoms with Crippen LogP contribution in [0.1, 0.15) is 0 Å². The molecule has 0 radical (unpaired) electrons. The van der Waals surface area contributed by atoms with Crippen molar-refractivity contribution in [1.82, 2.24) is 4.98 Å². The molecule has 7 heteroatoms. The van der Waals surface area contributed by atoms with Gasteiger partial charge in [0.2, 0.25) is 0 Å². The largest absolute Gasteiger partial charge is 0.301 e. The lowest BCUT2D eigenvalue weighted by Crippen LogP contribution is -1.93. The number of nitro groups is 1. The first-order valence-corrected chi connectivity index (χ1v) is 6.80. The summed E-state index contributed by atoms with van der Waals surface area (Å²) in [7, 11) is 0. The van der Waals surface area contributed by atoms with Crippen LogP contribution in [0.5, 0.6) is 0 Å². The van der Waals surface area contributed by atoms with Crippen LogP contribution < -0.4 is 0 Å². The lowest BCUT2D eigenvalue weighted by atomic mass is 10.4. The summed E-state index contributed by atoms with van der Waals surface area (Å²) in [5, 5.41) is 11.4. The van der Waals surface area contributed by atoms with E-state index in [1.807, 2.05) is 24.3 Å². The number of halogens is 2. The summed E-state index contributed by atoms with van der Waals surface area (Å²) >= 11 is 10.4. The molecule has 1 aromatic carbocycles. The summed E-state index contributed by atoms with van der Waals surface area (Å²) in [6.07, 6.45) is 0. The molecule has 4 nitrogen and oxygen atoms in total. The van der Waals surface area contributed by atoms with E-state index in [-0.39, 0.29) is 15.9 Å². The van der Waals surface area contributed by atoms with Crippen LogP contribution in [0.4, 0.5) is 5.69 Å². The van der Waals surface area contributed by atoms with Crippen molar-refractivity contribution in [2.75, 3.05) is 0 Å². The molecule has 0 aliphatic rings. The van der Waals surface area contributed by atoms with Crippen molar-refractivity contribution in [3.05, 3.63) is 56.1 Å². The molecule has 92 valence electrons. The topological polar surface area (TPSA) is 56.0 Å². The number of pyridine rings is 1. The molecule has 0 fully saturated rings. The average Bonchev–Trinajstić information content (AvgIpc) is 2.32. The molecular weight excluding hydrogens is 340 g/mol. The number of benzene rings is 1. The second-order valence-electron chi connectivity index (χ2n) is 3.25. The van der Waals surface area contributed by atoms with E-state index in [9.17, 15) is 10.1 Å². The van der Waals surface area contributed by atoms with Gasteiger partial charge in [0.05, 0.1) is 4.92 Å². The molecular formula is C11H6BrClN2O2S. The summed E-state index contributed by atoms with van der Waals surface area (Å²) in [6.45, 7) is 0. The van der Waals surface area contributed by atoms with Gasteiger partial charge in [-0.2, -0.15) is 0 Å². The standard InChI is InChI=1S/C11H6BrClN2O2S/c12-7-3-1-2-4-9(7)18-11-8(15(16)17)5-6-10(13)14-11/h1-6H. The van der Waals surface area contributed by atoms with Crippen molar-refractivity contribution in [2.24, 2.45) is 0 Å². The number of hydrogen-bond donors (Lipinski definition) is 0. The van der Waals surface area contributed by atoms with Gasteiger partial charge in [-0.25, -0.2) is 4.98 Å². The summed E-state index contributed by atoms with van der Waals surface area (Å²) < 4.78 is 0.853. The Balaban J connectivity index is 2.42. The minimum absolute atomic E-state index is 0.0554. The second-order valence-corrected chi connectivity index (χ2v) is 5.52. The Morgan fingerprint density at radius 3 is 2.67 bits per heavy atom. The van der Waals surface area contributed by atoms with Gasteiger partial charge in [0, 0.05) is 15.4 Å². The van der Waals surface area contributed by atoms with E-state index in [0.29, 0.717) is 0 Å². The summed E-state index contributed by atoms with van der Waals surface area (Å²) in [5.41, 5.74) is -0.0554. The van der Waals surface area contributed by atoms with Crippen LogP contribution in [-0.2, 0) is 0 Å². The first-order chi connectivity index (χ1) is 8.58. The highest BCUT2D eigenvalue weighted by Crippen LogP contribution is 2.37. The van der Waals surface area contributed by atoms with Crippen LogP contribution in [0.3, 0.4) is 0 Å². The maximum atomic E-state index is 10.9. The second kappa shape index (κ2) is 5.69. The Kier molecular flexibility index (Phi) is 4.21. The minimum Gasteiger partial charge on any atom is -0.258 e. The van der Waals surface area contributed by atoms with Gasteiger partial charge >= 0.3 is 5.69 Å². The molecule has 0 amide bonds. The molecule has 0 N–H and O–H groups in total. The van der Waals surface area contributed by atoms with E-state index in [0.717, 1.165) is 9.37 Å². The zero-order chi connectivity index (χ0) is 13.1. The highest BCUT2D eigenvalue weighted by Gasteiger charge is 2.17. The first-order valence-electron chi connectivity index (χ1n) is 4.81. The van der Waals surface area contributed by atoms with Gasteiger partial charge in [0.15, 0.2) is 5.03 Å². The lowest BCUT2D eigenvalue weighted by molar-refractivity contribution is -0.388. The van der Waals surface area contributed by atoms with E-state index < -0.39 is 4.92 Å². The molecule has 0 aliphatic carbocycles. The van der Waals surface area contributed by atoms with E-state index in [4.69, 9.17) is 11.6 Å². The predicted molar refractivity (Wildman–Crippen MR) is 74.2 cm³/mol. The zero-order valence-corrected chi connectivity index (χ0v) is 12.0. The summed E-state index contributed by atoms with van der Waals surface area (Å²) in [5.74, 6) is 0. The van der Waals surface area contributed by atoms with Gasteiger partial charge in [0.1, 0.15) is 5.15 Å². The average molecular weight is 346 g/mol. The smallest absolute Gasteiger partial charge is 0.258 e. The fourth-order valence-electron chi connectivity index (χ4n) is 1.26. The maximum absolute atomic E-state index is 10.9. The van der Waals surface area contributed by atoms with E-state index >= 15 is 0 Å². The maximum Gasteiger partial charge on any atom is 0.301 e. The zero-order valence-electron chi connectivity index (χ0n) is 8.84. The molecule has 18 heavy (non-hydrogen) atoms. The number of rotatable bonds is 3. The van der Waals surface area contributed by atoms with Crippen LogP contribution in [-0.4, -0.2) is 9.91 Å². The molecule has 0 aliphatic heterocycles. The molecule has 0 spiro atoms. The van der Waals surface area contributed by atoms with E-state index in [2.05, 4.69) is 20.9 Å². The summed E-state index contributed by atoms with van der Waals surface area (Å²) in [6, 6.07) is 10.2. The number of hydrogen-bond acceptors (Lipinski definition) is 4. The van der Waals surface area contributed by atoms with Crippen LogP contribution in [0.15, 0.2) is 50.8 Å². The van der Waals surface area contributed by atoms with Crippen LogP contribution in [0.25, 0.3) is 0 Å². The Bertz CT molecular complexity index is 609. The van der Waals surface area contributed by atoms with Crippen molar-refractivity contribution in [3.63, 3.8) is 0 Å². The third kappa shape index (κ3) is 3.01. The Labute approximate surface area is 121 Å². The fourth-order valence-corrected chi connectivity index (χ4v) is 2.89. The molecule has 1 heterocycles. The van der Waals surface area contributed by atoms with Crippen molar-refractivity contribution in [2.45, 2.75) is 9.92 Å². The first kappa shape index (κ1) is 13.3. The van der Waals surface area contributed by atoms with Crippen LogP contribution in [0.2, 0.25) is 5.15 Å². The Morgan fingerprint density at radius 2 is 2.00 bits per heavy atom. The Hall–Kier alpha value is -1.11. The third-order valence-corrected chi connectivity index (χ3v) is 4.28. The monoisotopic (exact) mass is 344 g/mol. The lowest BCUT2D eigenvalue weighted by Gasteiger charge is -2.04. The van der Waals surface area contributed by atoms with Crippen molar-refractivity contribution >= 4 is 45.0 Å². The van der Waals surface area contributed by atoms with Crippen molar-refractivity contribution in [3.8, 4) is 0 Å². The van der Waals surface area contributed by atoms with Crippen LogP contribution >= 0.6 is 39.3 Å². The third-order valence-electron chi connectivity index (χ3n) is 2.05. The number of nitrogens with zero attached hydrogens (tertiary/aromatic N) is 2. The van der Waals surface area contributed by atoms with Crippen LogP contribution in [0, 0.1) is 10.1 Å². The predicted octanol–water partition coefficient (Wildman–Crippen LogP) is 4.56. The highest BCUT2D eigenvalue weighted by molar-refractivity contribution is 9.10. The Morgan fingerprint density at radius 1 is 1.28 bits per heavy atom. The van der Waals surface area contributed by atoms with Gasteiger partial charge in [0.25, 0.3) is 0 Å². The normalized spacial score (nSPS) is 10.3. The minimum atomic E-state index is -0.470. The van der Waals surface area contributed by atoms with Crippen molar-refractivity contribution < 1.29 is 4.92 Å². The SMILES string of the molecule is O=[N+]([O-])c1ccc(Cl)nc1Sc1ccccc1Br. The van der Waals surface area contributed by atoms with E-state index in [1.165, 1.54) is 23.9 Å². The molecule has 2 rings (SSSR count). The molecule has 0 saturated carbocycles. The molecule has 0 saturated heterocycles. The fraction of sp³-hybridized carbons (Fsp3) is 0. The molecule has 0 bridgehead atoms. The molecule has 0 unspecified atom stereocenters. The van der Waals surface area contributed by atoms with Gasteiger partial charge in [-0.3, -0.25) is 10.1 Å². The van der Waals surface area contributed by atoms with Gasteiger partial charge < -0.3 is 0 Å². The molecule has 2 aromatic rings. The van der Waals surface area contributed by atoms with Gasteiger partial charge in [-0.1, -0.05) is 35.5 Å². The molecule has 0 atom stereocenters. The quantitative estimate of drug-likeness (QED) is 0.465. The summed E-state index contributed by atoms with van der Waals surface area (Å²) in [4.78, 5) is 15.3. The van der Waals surface area contributed by atoms with Gasteiger partial charge in [-0.05, 0) is 34.1 Å².